The number of nitrogens with zero attached hydrogens (tertiary/aromatic N) is 9. The van der Waals surface area contributed by atoms with Gasteiger partial charge in [0.2, 0.25) is 11.8 Å². The van der Waals surface area contributed by atoms with E-state index >= 15 is 0 Å². The van der Waals surface area contributed by atoms with Crippen LogP contribution in [0.15, 0.2) is 97.3 Å². The van der Waals surface area contributed by atoms with E-state index in [0.717, 1.165) is 123 Å². The Morgan fingerprint density at radius 2 is 1.13 bits per heavy atom. The van der Waals surface area contributed by atoms with Crippen molar-refractivity contribution >= 4 is 51.7 Å². The molecule has 0 bridgehead atoms. The molecule has 2 aliphatic carbocycles. The number of aryl methyl sites for hydroxylation is 2. The van der Waals surface area contributed by atoms with Crippen molar-refractivity contribution in [2.75, 3.05) is 68.2 Å². The minimum absolute atomic E-state index is 0.0623. The Morgan fingerprint density at radius 1 is 0.587 bits per heavy atom. The zero-order chi connectivity index (χ0) is 43.5. The van der Waals surface area contributed by atoms with Crippen molar-refractivity contribution in [3.05, 3.63) is 123 Å². The minimum atomic E-state index is 0.0623. The predicted molar refractivity (Wildman–Crippen MR) is 252 cm³/mol. The number of aromatic nitrogens is 6. The first kappa shape index (κ1) is 43.4. The van der Waals surface area contributed by atoms with E-state index in [-0.39, 0.29) is 11.8 Å². The summed E-state index contributed by atoms with van der Waals surface area (Å²) in [5.74, 6) is 4.95. The molecule has 0 radical (unpaired) electrons. The highest BCUT2D eigenvalue weighted by atomic mass is 127. The highest BCUT2D eigenvalue weighted by Crippen LogP contribution is 2.33. The number of methoxy groups -OCH3 is 2. The number of benzene rings is 2. The molecule has 4 aliphatic rings. The third kappa shape index (κ3) is 10.7. The second-order valence-corrected chi connectivity index (χ2v) is 16.8. The molecule has 2 amide bonds. The van der Waals surface area contributed by atoms with Crippen molar-refractivity contribution in [2.24, 2.45) is 0 Å². The first-order chi connectivity index (χ1) is 30.9. The van der Waals surface area contributed by atoms with Crippen molar-refractivity contribution < 1.29 is 19.1 Å². The topological polar surface area (TPSA) is 152 Å². The van der Waals surface area contributed by atoms with E-state index in [1.165, 1.54) is 14.7 Å². The lowest BCUT2D eigenvalue weighted by Gasteiger charge is -2.24. The van der Waals surface area contributed by atoms with E-state index in [0.29, 0.717) is 31.3 Å². The molecule has 1 N–H and O–H groups in total. The number of ether oxygens (including phenoxy) is 2. The van der Waals surface area contributed by atoms with Gasteiger partial charge in [-0.3, -0.25) is 19.6 Å². The van der Waals surface area contributed by atoms with Gasteiger partial charge in [0.05, 0.1) is 27.3 Å². The standard InChI is InChI=1S/C24H25N5O2.C17H19N5O.C7H7IO/c1-31-18-11-9-17(10-12-18)29-15-5-14-28(16-22(29)30)24-19-6-4-8-20(19)26-23(27-24)21-7-2-3-13-25-21;23-15-11-22(10-4-9-19-15)17-12-5-3-7-13(12)20-16(21-17)14-6-1-2-8-18-14;1-9-7-4-2-6(8)3-5-7/h2-3,7,9-13H,4-6,8,14-16H2,1H3;1-2,6,8H,3-5,7,9-11H2,(H,19,23);2-5H,1H3. The molecule has 14 nitrogen and oxygen atoms in total. The smallest absolute Gasteiger partial charge is 0.246 e. The number of halogens is 1. The Labute approximate surface area is 381 Å². The molecule has 2 saturated heterocycles. The van der Waals surface area contributed by atoms with Gasteiger partial charge in [-0.15, -0.1) is 0 Å². The molecule has 4 aromatic heterocycles. The highest BCUT2D eigenvalue weighted by Gasteiger charge is 2.29. The molecule has 6 aromatic rings. The summed E-state index contributed by atoms with van der Waals surface area (Å²) >= 11 is 2.26. The lowest BCUT2D eigenvalue weighted by atomic mass is 10.2. The average Bonchev–Trinajstić information content (AvgIpc) is 3.91. The Kier molecular flexibility index (Phi) is 14.3. The van der Waals surface area contributed by atoms with E-state index in [1.54, 1.807) is 26.6 Å². The predicted octanol–water partition coefficient (Wildman–Crippen LogP) is 6.93. The fourth-order valence-electron chi connectivity index (χ4n) is 8.21. The molecule has 6 heterocycles. The molecule has 0 unspecified atom stereocenters. The normalized spacial score (nSPS) is 15.7. The number of carbonyl (C=O) groups is 2. The molecule has 2 fully saturated rings. The van der Waals surface area contributed by atoms with E-state index in [9.17, 15) is 9.59 Å². The van der Waals surface area contributed by atoms with Gasteiger partial charge < -0.3 is 29.5 Å². The Morgan fingerprint density at radius 3 is 1.67 bits per heavy atom. The summed E-state index contributed by atoms with van der Waals surface area (Å²) in [6.45, 7) is 3.70. The molecule has 324 valence electrons. The van der Waals surface area contributed by atoms with Crippen LogP contribution >= 0.6 is 22.6 Å². The van der Waals surface area contributed by atoms with E-state index in [4.69, 9.17) is 29.4 Å². The van der Waals surface area contributed by atoms with Crippen LogP contribution in [-0.2, 0) is 35.3 Å². The van der Waals surface area contributed by atoms with Crippen molar-refractivity contribution in [1.82, 2.24) is 35.2 Å². The number of fused-ring (bicyclic) bond motifs is 2. The van der Waals surface area contributed by atoms with Crippen LogP contribution in [0, 0.1) is 3.57 Å². The molecule has 0 spiro atoms. The Hall–Kier alpha value is -6.23. The van der Waals surface area contributed by atoms with Crippen molar-refractivity contribution in [3.8, 4) is 34.5 Å². The van der Waals surface area contributed by atoms with Gasteiger partial charge in [-0.25, -0.2) is 19.9 Å². The number of nitrogens with one attached hydrogen (secondary N) is 1. The Bertz CT molecular complexity index is 2500. The first-order valence-corrected chi connectivity index (χ1v) is 22.6. The van der Waals surface area contributed by atoms with Crippen LogP contribution in [0.5, 0.6) is 11.5 Å². The fourth-order valence-corrected chi connectivity index (χ4v) is 8.57. The monoisotopic (exact) mass is 958 g/mol. The largest absolute Gasteiger partial charge is 0.497 e. The number of anilines is 3. The second-order valence-electron chi connectivity index (χ2n) is 15.5. The van der Waals surface area contributed by atoms with Gasteiger partial charge in [-0.1, -0.05) is 12.1 Å². The maximum atomic E-state index is 13.2. The van der Waals surface area contributed by atoms with Gasteiger partial charge in [0.25, 0.3) is 0 Å². The number of hydrogen-bond acceptors (Lipinski definition) is 12. The van der Waals surface area contributed by atoms with Gasteiger partial charge in [-0.2, -0.15) is 0 Å². The van der Waals surface area contributed by atoms with Gasteiger partial charge in [-0.05, 0) is 147 Å². The van der Waals surface area contributed by atoms with E-state index in [2.05, 4.69) is 47.7 Å². The highest BCUT2D eigenvalue weighted by molar-refractivity contribution is 14.1. The number of carbonyl (C=O) groups excluding carboxylic acids is 2. The number of pyridine rings is 2. The van der Waals surface area contributed by atoms with Gasteiger partial charge in [0.15, 0.2) is 11.6 Å². The van der Waals surface area contributed by atoms with Crippen LogP contribution in [0.4, 0.5) is 17.3 Å². The summed E-state index contributed by atoms with van der Waals surface area (Å²) in [6, 6.07) is 27.1. The lowest BCUT2D eigenvalue weighted by molar-refractivity contribution is -0.119. The third-order valence-corrected chi connectivity index (χ3v) is 12.1. The Balaban J connectivity index is 0.000000149. The van der Waals surface area contributed by atoms with Gasteiger partial charge >= 0.3 is 0 Å². The van der Waals surface area contributed by atoms with Gasteiger partial charge in [0.1, 0.15) is 34.5 Å². The molecule has 10 rings (SSSR count). The molecule has 15 heteroatoms. The maximum Gasteiger partial charge on any atom is 0.246 e. The van der Waals surface area contributed by atoms with Crippen LogP contribution in [0.1, 0.15) is 48.2 Å². The third-order valence-electron chi connectivity index (χ3n) is 11.3. The lowest BCUT2D eigenvalue weighted by Crippen LogP contribution is -2.37. The first-order valence-electron chi connectivity index (χ1n) is 21.5. The molecule has 0 atom stereocenters. The molecule has 0 saturated carbocycles. The molecule has 2 aromatic carbocycles. The van der Waals surface area contributed by atoms with E-state index < -0.39 is 0 Å². The van der Waals surface area contributed by atoms with Crippen molar-refractivity contribution in [2.45, 2.75) is 51.4 Å². The van der Waals surface area contributed by atoms with Crippen LogP contribution in [0.2, 0.25) is 0 Å². The quantitative estimate of drug-likeness (QED) is 0.165. The van der Waals surface area contributed by atoms with Gasteiger partial charge in [0, 0.05) is 70.3 Å². The van der Waals surface area contributed by atoms with Crippen LogP contribution in [-0.4, -0.2) is 95.2 Å². The van der Waals surface area contributed by atoms with Crippen LogP contribution in [0.25, 0.3) is 23.0 Å². The summed E-state index contributed by atoms with van der Waals surface area (Å²) in [4.78, 5) is 59.2. The second kappa shape index (κ2) is 20.8. The van der Waals surface area contributed by atoms with Crippen LogP contribution < -0.4 is 29.5 Å². The number of hydrogen-bond donors (Lipinski definition) is 1. The SMILES string of the molecule is COc1ccc(I)cc1.COc1ccc(N2CCCN(c3nc(-c4ccccn4)nc4c3CCC4)CC2=O)cc1.O=C1CN(c2nc(-c3ccccn3)nc3c2CCC3)CCCN1. The summed E-state index contributed by atoms with van der Waals surface area (Å²) in [6.07, 6.45) is 11.4. The summed E-state index contributed by atoms with van der Waals surface area (Å²) in [5.41, 5.74) is 7.04. The number of amides is 2. The molecular weight excluding hydrogens is 907 g/mol. The maximum absolute atomic E-state index is 13.2. The summed E-state index contributed by atoms with van der Waals surface area (Å²) in [7, 11) is 3.31. The fraction of sp³-hybridized carbons (Fsp3) is 0.333. The zero-order valence-corrected chi connectivity index (χ0v) is 37.8. The van der Waals surface area contributed by atoms with Crippen molar-refractivity contribution in [3.63, 3.8) is 0 Å². The summed E-state index contributed by atoms with van der Waals surface area (Å²) < 4.78 is 11.4. The molecular formula is C48H51IN10O4. The zero-order valence-electron chi connectivity index (χ0n) is 35.7. The number of rotatable bonds is 7. The van der Waals surface area contributed by atoms with Crippen molar-refractivity contribution in [1.29, 1.82) is 0 Å². The van der Waals surface area contributed by atoms with E-state index in [1.807, 2.05) is 89.8 Å². The molecule has 63 heavy (non-hydrogen) atoms. The summed E-state index contributed by atoms with van der Waals surface area (Å²) in [5, 5.41) is 2.92. The molecule has 2 aliphatic heterocycles. The average molecular weight is 959 g/mol. The van der Waals surface area contributed by atoms with Crippen LogP contribution in [0.3, 0.4) is 0 Å². The minimum Gasteiger partial charge on any atom is -0.497 e.